The topological polar surface area (TPSA) is 114 Å². The van der Waals surface area contributed by atoms with Crippen molar-refractivity contribution >= 4 is 74.4 Å². The van der Waals surface area contributed by atoms with E-state index in [9.17, 15) is 19.2 Å². The van der Waals surface area contributed by atoms with Crippen molar-refractivity contribution in [1.82, 2.24) is 15.5 Å². The van der Waals surface area contributed by atoms with Crippen LogP contribution >= 0.6 is 34.5 Å². The second kappa shape index (κ2) is 13.8. The van der Waals surface area contributed by atoms with Crippen LogP contribution in [0.4, 0.5) is 0 Å². The second-order valence-electron chi connectivity index (χ2n) is 9.38. The summed E-state index contributed by atoms with van der Waals surface area (Å²) in [5.74, 6) is -1.68. The van der Waals surface area contributed by atoms with Gasteiger partial charge in [0.25, 0.3) is 5.91 Å². The maximum absolute atomic E-state index is 13.1. The van der Waals surface area contributed by atoms with Crippen LogP contribution < -0.4 is 15.4 Å². The van der Waals surface area contributed by atoms with E-state index >= 15 is 0 Å². The zero-order chi connectivity index (χ0) is 29.5. The van der Waals surface area contributed by atoms with Gasteiger partial charge >= 0.3 is 5.97 Å². The molecule has 4 rings (SSSR count). The molecule has 1 atom stereocenters. The highest BCUT2D eigenvalue weighted by Crippen LogP contribution is 2.37. The molecule has 12 heteroatoms. The number of ether oxygens (including phenoxy) is 2. The van der Waals surface area contributed by atoms with Crippen molar-refractivity contribution in [3.63, 3.8) is 0 Å². The van der Waals surface area contributed by atoms with E-state index in [0.717, 1.165) is 10.1 Å². The quantitative estimate of drug-likeness (QED) is 0.200. The van der Waals surface area contributed by atoms with Gasteiger partial charge in [0.15, 0.2) is 0 Å². The minimum atomic E-state index is -0.993. The molecule has 1 fully saturated rings. The molecule has 0 spiro atoms. The molecule has 0 saturated carbocycles. The minimum Gasteiger partial charge on any atom is -0.496 e. The van der Waals surface area contributed by atoms with Gasteiger partial charge in [-0.05, 0) is 59.5 Å². The Kier molecular flexibility index (Phi) is 10.3. The Morgan fingerprint density at radius 3 is 2.51 bits per heavy atom. The van der Waals surface area contributed by atoms with Crippen LogP contribution in [0.25, 0.3) is 16.2 Å². The number of para-hydroxylation sites is 1. The number of nitrogens with one attached hydrogen (secondary N) is 2. The van der Waals surface area contributed by atoms with Gasteiger partial charge in [-0.25, -0.2) is 0 Å². The third kappa shape index (κ3) is 7.38. The number of rotatable bonds is 9. The molecule has 3 aromatic rings. The molecule has 2 heterocycles. The van der Waals surface area contributed by atoms with E-state index < -0.39 is 24.0 Å². The van der Waals surface area contributed by atoms with Gasteiger partial charge in [-0.1, -0.05) is 35.3 Å². The molecular formula is C29H29Cl2N3O6S. The second-order valence-corrected chi connectivity index (χ2v) is 11.1. The molecule has 1 aromatic heterocycles. The van der Waals surface area contributed by atoms with E-state index in [1.807, 2.05) is 17.5 Å². The molecule has 41 heavy (non-hydrogen) atoms. The fourth-order valence-electron chi connectivity index (χ4n) is 4.56. The first-order valence-corrected chi connectivity index (χ1v) is 14.5. The smallest absolute Gasteiger partial charge is 0.309 e. The summed E-state index contributed by atoms with van der Waals surface area (Å²) in [4.78, 5) is 52.4. The summed E-state index contributed by atoms with van der Waals surface area (Å²) < 4.78 is 10.9. The Balaban J connectivity index is 1.34. The first-order valence-electron chi connectivity index (χ1n) is 12.8. The fourth-order valence-corrected chi connectivity index (χ4v) is 6.00. The van der Waals surface area contributed by atoms with Gasteiger partial charge in [0, 0.05) is 25.1 Å². The molecule has 0 radical (unpaired) electrons. The van der Waals surface area contributed by atoms with Crippen molar-refractivity contribution in [2.24, 2.45) is 5.92 Å². The molecule has 0 bridgehead atoms. The number of piperidine rings is 1. The molecule has 3 amide bonds. The Morgan fingerprint density at radius 2 is 1.80 bits per heavy atom. The number of esters is 1. The van der Waals surface area contributed by atoms with Crippen LogP contribution in [0, 0.1) is 5.92 Å². The van der Waals surface area contributed by atoms with Gasteiger partial charge in [0.2, 0.25) is 11.8 Å². The van der Waals surface area contributed by atoms with Crippen LogP contribution in [-0.4, -0.2) is 62.1 Å². The van der Waals surface area contributed by atoms with Crippen LogP contribution in [0.2, 0.25) is 10.0 Å². The Morgan fingerprint density at radius 1 is 1.07 bits per heavy atom. The molecule has 0 aliphatic carbocycles. The molecule has 2 N–H and O–H groups in total. The number of halogens is 2. The normalized spacial score (nSPS) is 14.6. The molecule has 1 aliphatic heterocycles. The maximum atomic E-state index is 13.1. The highest BCUT2D eigenvalue weighted by molar-refractivity contribution is 7.18. The fraction of sp³-hybridized carbons (Fsp3) is 0.310. The molecule has 2 aromatic carbocycles. The Hall–Kier alpha value is -3.60. The number of nitrogens with zero attached hydrogens (tertiary/aromatic N) is 1. The van der Waals surface area contributed by atoms with Gasteiger partial charge in [0.05, 0.1) is 40.9 Å². The first kappa shape index (κ1) is 30.4. The third-order valence-electron chi connectivity index (χ3n) is 6.81. The van der Waals surface area contributed by atoms with Crippen LogP contribution in [0.5, 0.6) is 5.75 Å². The number of thiophene rings is 1. The van der Waals surface area contributed by atoms with Crippen molar-refractivity contribution in [1.29, 1.82) is 0 Å². The summed E-state index contributed by atoms with van der Waals surface area (Å²) in [7, 11) is 2.68. The number of fused-ring (bicyclic) bond motifs is 1. The number of amides is 3. The number of methoxy groups -OCH3 is 2. The summed E-state index contributed by atoms with van der Waals surface area (Å²) in [6.07, 6.45) is 2.69. The maximum Gasteiger partial charge on any atom is 0.309 e. The van der Waals surface area contributed by atoms with Crippen molar-refractivity contribution < 1.29 is 28.7 Å². The van der Waals surface area contributed by atoms with Gasteiger partial charge in [-0.15, -0.1) is 11.3 Å². The monoisotopic (exact) mass is 617 g/mol. The Labute approximate surface area is 251 Å². The van der Waals surface area contributed by atoms with E-state index in [1.165, 1.54) is 31.6 Å². The zero-order valence-corrected chi connectivity index (χ0v) is 24.8. The van der Waals surface area contributed by atoms with Gasteiger partial charge in [0.1, 0.15) is 11.9 Å². The standard InChI is InChI=1S/C29H29Cl2N3O6S/c1-39-21-6-4-3-5-20(21)29(38)33-22(16-24(36)40-2)32-28(37)17-9-12-34(13-10-17)23(35)8-7-18-15-19-11-14-41-27(19)26(31)25(18)30/h3-8,11,14-15,17,22H,9-10,12-13,16H2,1-2H3,(H,32,37)(H,33,38)/b8-7+/t22-/m0/s1. The lowest BCUT2D eigenvalue weighted by Crippen LogP contribution is -2.52. The van der Waals surface area contributed by atoms with Crippen LogP contribution in [-0.2, 0) is 19.1 Å². The van der Waals surface area contributed by atoms with Gasteiger partial charge < -0.3 is 25.0 Å². The van der Waals surface area contributed by atoms with E-state index in [-0.39, 0.29) is 23.8 Å². The number of hydrogen-bond donors (Lipinski definition) is 2. The van der Waals surface area contributed by atoms with E-state index in [4.69, 9.17) is 32.7 Å². The number of carbonyl (C=O) groups is 4. The summed E-state index contributed by atoms with van der Waals surface area (Å²) in [6.45, 7) is 0.739. The highest BCUT2D eigenvalue weighted by atomic mass is 35.5. The van der Waals surface area contributed by atoms with Crippen LogP contribution in [0.15, 0.2) is 47.9 Å². The Bertz CT molecular complexity index is 1480. The van der Waals surface area contributed by atoms with E-state index in [1.54, 1.807) is 35.2 Å². The minimum absolute atomic E-state index is 0.200. The summed E-state index contributed by atoms with van der Waals surface area (Å²) in [5.41, 5.74) is 0.912. The van der Waals surface area contributed by atoms with E-state index in [0.29, 0.717) is 47.3 Å². The largest absolute Gasteiger partial charge is 0.496 e. The molecule has 9 nitrogen and oxygen atoms in total. The molecule has 0 unspecified atom stereocenters. The molecular weight excluding hydrogens is 589 g/mol. The van der Waals surface area contributed by atoms with Crippen molar-refractivity contribution in [2.75, 3.05) is 27.3 Å². The summed E-state index contributed by atoms with van der Waals surface area (Å²) >= 11 is 14.3. The van der Waals surface area contributed by atoms with Crippen molar-refractivity contribution in [2.45, 2.75) is 25.4 Å². The SMILES string of the molecule is COC(=O)C[C@H](NC(=O)c1ccccc1OC)NC(=O)C1CCN(C(=O)/C=C/c2cc3ccsc3c(Cl)c2Cl)CC1. The van der Waals surface area contributed by atoms with Gasteiger partial charge in [-0.3, -0.25) is 19.2 Å². The van der Waals surface area contributed by atoms with Crippen LogP contribution in [0.1, 0.15) is 35.2 Å². The summed E-state index contributed by atoms with van der Waals surface area (Å²) in [5, 5.41) is 9.15. The van der Waals surface area contributed by atoms with E-state index in [2.05, 4.69) is 10.6 Å². The van der Waals surface area contributed by atoms with Crippen molar-refractivity contribution in [3.8, 4) is 5.75 Å². The van der Waals surface area contributed by atoms with Gasteiger partial charge in [-0.2, -0.15) is 0 Å². The average Bonchev–Trinajstić information content (AvgIpc) is 3.46. The lowest BCUT2D eigenvalue weighted by atomic mass is 9.95. The summed E-state index contributed by atoms with van der Waals surface area (Å²) in [6, 6.07) is 10.5. The molecule has 216 valence electrons. The number of hydrogen-bond acceptors (Lipinski definition) is 7. The highest BCUT2D eigenvalue weighted by Gasteiger charge is 2.29. The molecule has 1 aliphatic rings. The molecule has 1 saturated heterocycles. The number of carbonyl (C=O) groups excluding carboxylic acids is 4. The lowest BCUT2D eigenvalue weighted by molar-refractivity contribution is -0.141. The lowest BCUT2D eigenvalue weighted by Gasteiger charge is -2.31. The predicted octanol–water partition coefficient (Wildman–Crippen LogP) is 4.90. The number of benzene rings is 2. The first-order chi connectivity index (χ1) is 19.7. The predicted molar refractivity (Wildman–Crippen MR) is 159 cm³/mol. The van der Waals surface area contributed by atoms with Crippen LogP contribution in [0.3, 0.4) is 0 Å². The zero-order valence-electron chi connectivity index (χ0n) is 22.4. The van der Waals surface area contributed by atoms with Crippen molar-refractivity contribution in [3.05, 3.63) is 69.0 Å². The number of likely N-dealkylation sites (tertiary alicyclic amines) is 1. The average molecular weight is 619 g/mol. The third-order valence-corrected chi connectivity index (χ3v) is 8.75.